The number of carbonyl (C=O) groups is 1. The van der Waals surface area contributed by atoms with Crippen molar-refractivity contribution in [2.24, 2.45) is 0 Å². The summed E-state index contributed by atoms with van der Waals surface area (Å²) >= 11 is 3.44. The predicted molar refractivity (Wildman–Crippen MR) is 87.4 cm³/mol. The molecule has 0 saturated carbocycles. The van der Waals surface area contributed by atoms with E-state index in [-0.39, 0.29) is 12.1 Å². The second-order valence-electron chi connectivity index (χ2n) is 6.41. The molecule has 1 atom stereocenters. The lowest BCUT2D eigenvalue weighted by Crippen LogP contribution is -2.54. The van der Waals surface area contributed by atoms with Gasteiger partial charge >= 0.3 is 6.09 Å². The van der Waals surface area contributed by atoms with Gasteiger partial charge in [0.05, 0.1) is 0 Å². The summed E-state index contributed by atoms with van der Waals surface area (Å²) in [6.45, 7) is 7.88. The van der Waals surface area contributed by atoms with Crippen LogP contribution in [0.4, 0.5) is 4.79 Å². The van der Waals surface area contributed by atoms with E-state index in [1.807, 2.05) is 32.9 Å². The fourth-order valence-corrected chi connectivity index (χ4v) is 2.62. The number of nitrogens with zero attached hydrogens (tertiary/aromatic N) is 1. The molecule has 1 aromatic rings. The monoisotopic (exact) mass is 354 g/mol. The molecule has 1 N–H and O–H groups in total. The molecule has 0 radical (unpaired) electrons. The third kappa shape index (κ3) is 5.32. The van der Waals surface area contributed by atoms with E-state index in [9.17, 15) is 4.79 Å². The van der Waals surface area contributed by atoms with Crippen LogP contribution < -0.4 is 5.32 Å². The van der Waals surface area contributed by atoms with Gasteiger partial charge in [-0.2, -0.15) is 0 Å². The van der Waals surface area contributed by atoms with Crippen LogP contribution in [0.15, 0.2) is 28.7 Å². The third-order valence-electron chi connectivity index (χ3n) is 3.30. The Balaban J connectivity index is 1.91. The largest absolute Gasteiger partial charge is 0.444 e. The topological polar surface area (TPSA) is 41.6 Å². The zero-order valence-electron chi connectivity index (χ0n) is 12.9. The average Bonchev–Trinajstić information content (AvgIpc) is 2.40. The Bertz CT molecular complexity index is 482. The minimum absolute atomic E-state index is 0.218. The molecule has 5 heteroatoms. The van der Waals surface area contributed by atoms with E-state index in [0.717, 1.165) is 17.4 Å². The van der Waals surface area contributed by atoms with Gasteiger partial charge in [-0.05, 0) is 44.9 Å². The molecule has 1 heterocycles. The minimum atomic E-state index is -0.441. The molecule has 1 aromatic carbocycles. The fourth-order valence-electron chi connectivity index (χ4n) is 2.36. The Morgan fingerprint density at radius 2 is 2.05 bits per heavy atom. The van der Waals surface area contributed by atoms with Crippen molar-refractivity contribution in [3.8, 4) is 0 Å². The van der Waals surface area contributed by atoms with E-state index >= 15 is 0 Å². The van der Waals surface area contributed by atoms with Gasteiger partial charge in [0.1, 0.15) is 5.60 Å². The summed E-state index contributed by atoms with van der Waals surface area (Å²) in [5, 5.41) is 3.47. The summed E-state index contributed by atoms with van der Waals surface area (Å²) in [5.74, 6) is 0. The number of carbonyl (C=O) groups excluding carboxylic acids is 1. The molecule has 2 rings (SSSR count). The second kappa shape index (κ2) is 6.79. The van der Waals surface area contributed by atoms with Crippen LogP contribution in [0, 0.1) is 0 Å². The lowest BCUT2D eigenvalue weighted by molar-refractivity contribution is 0.0195. The van der Waals surface area contributed by atoms with Crippen LogP contribution in [0.3, 0.4) is 0 Å². The van der Waals surface area contributed by atoms with Crippen molar-refractivity contribution >= 4 is 22.0 Å². The van der Waals surface area contributed by atoms with Crippen molar-refractivity contribution in [2.75, 3.05) is 19.6 Å². The Kier molecular flexibility index (Phi) is 5.27. The zero-order valence-corrected chi connectivity index (χ0v) is 14.4. The highest BCUT2D eigenvalue weighted by atomic mass is 79.9. The van der Waals surface area contributed by atoms with Gasteiger partial charge < -0.3 is 15.0 Å². The summed E-state index contributed by atoms with van der Waals surface area (Å²) in [7, 11) is 0. The molecule has 1 amide bonds. The number of piperazine rings is 1. The highest BCUT2D eigenvalue weighted by molar-refractivity contribution is 9.10. The van der Waals surface area contributed by atoms with E-state index in [1.54, 1.807) is 4.90 Å². The summed E-state index contributed by atoms with van der Waals surface area (Å²) in [6, 6.07) is 8.58. The maximum Gasteiger partial charge on any atom is 0.410 e. The maximum atomic E-state index is 12.1. The molecule has 1 aliphatic rings. The molecule has 0 spiro atoms. The number of ether oxygens (including phenoxy) is 1. The molecule has 1 saturated heterocycles. The Morgan fingerprint density at radius 1 is 1.38 bits per heavy atom. The SMILES string of the molecule is CC(C)(C)OC(=O)N1CCN[C@@H](Cc2ccc(Br)cc2)C1. The van der Waals surface area contributed by atoms with E-state index in [1.165, 1.54) is 5.56 Å². The van der Waals surface area contributed by atoms with Gasteiger partial charge in [-0.1, -0.05) is 28.1 Å². The third-order valence-corrected chi connectivity index (χ3v) is 3.83. The lowest BCUT2D eigenvalue weighted by Gasteiger charge is -2.35. The van der Waals surface area contributed by atoms with Crippen molar-refractivity contribution in [3.63, 3.8) is 0 Å². The van der Waals surface area contributed by atoms with Gasteiger partial charge in [-0.25, -0.2) is 4.79 Å². The Morgan fingerprint density at radius 3 is 2.67 bits per heavy atom. The van der Waals surface area contributed by atoms with Crippen LogP contribution in [0.2, 0.25) is 0 Å². The van der Waals surface area contributed by atoms with Gasteiger partial charge in [-0.3, -0.25) is 0 Å². The first-order chi connectivity index (χ1) is 9.83. The van der Waals surface area contributed by atoms with E-state index in [4.69, 9.17) is 4.74 Å². The molecule has 0 aliphatic carbocycles. The van der Waals surface area contributed by atoms with Crippen molar-refractivity contribution < 1.29 is 9.53 Å². The van der Waals surface area contributed by atoms with Gasteiger partial charge in [0.25, 0.3) is 0 Å². The van der Waals surface area contributed by atoms with E-state index < -0.39 is 5.60 Å². The molecule has 116 valence electrons. The summed E-state index contributed by atoms with van der Waals surface area (Å²) in [4.78, 5) is 13.9. The number of amides is 1. The molecule has 21 heavy (non-hydrogen) atoms. The van der Waals surface area contributed by atoms with Crippen LogP contribution in [0.25, 0.3) is 0 Å². The summed E-state index contributed by atoms with van der Waals surface area (Å²) in [6.07, 6.45) is 0.692. The molecule has 1 aliphatic heterocycles. The molecule has 0 unspecified atom stereocenters. The fraction of sp³-hybridized carbons (Fsp3) is 0.562. The lowest BCUT2D eigenvalue weighted by atomic mass is 10.0. The van der Waals surface area contributed by atoms with Crippen molar-refractivity contribution in [1.82, 2.24) is 10.2 Å². The normalized spacial score (nSPS) is 19.4. The van der Waals surface area contributed by atoms with Crippen LogP contribution >= 0.6 is 15.9 Å². The van der Waals surface area contributed by atoms with Crippen molar-refractivity contribution in [1.29, 1.82) is 0 Å². The quantitative estimate of drug-likeness (QED) is 0.886. The van der Waals surface area contributed by atoms with Gasteiger partial charge in [0.2, 0.25) is 0 Å². The highest BCUT2D eigenvalue weighted by Crippen LogP contribution is 2.15. The molecule has 1 fully saturated rings. The number of halogens is 1. The van der Waals surface area contributed by atoms with E-state index in [2.05, 4.69) is 33.4 Å². The number of rotatable bonds is 2. The molecular formula is C16H23BrN2O2. The van der Waals surface area contributed by atoms with Crippen LogP contribution in [-0.2, 0) is 11.2 Å². The maximum absolute atomic E-state index is 12.1. The van der Waals surface area contributed by atoms with Crippen LogP contribution in [0.1, 0.15) is 26.3 Å². The first-order valence-corrected chi connectivity index (χ1v) is 8.08. The van der Waals surface area contributed by atoms with Crippen LogP contribution in [0.5, 0.6) is 0 Å². The minimum Gasteiger partial charge on any atom is -0.444 e. The van der Waals surface area contributed by atoms with Crippen LogP contribution in [-0.4, -0.2) is 42.3 Å². The first kappa shape index (κ1) is 16.3. The first-order valence-electron chi connectivity index (χ1n) is 7.29. The van der Waals surface area contributed by atoms with Gasteiger partial charge in [0.15, 0.2) is 0 Å². The number of hydrogen-bond donors (Lipinski definition) is 1. The molecular weight excluding hydrogens is 332 g/mol. The smallest absolute Gasteiger partial charge is 0.410 e. The Hall–Kier alpha value is -1.07. The van der Waals surface area contributed by atoms with Crippen molar-refractivity contribution in [3.05, 3.63) is 34.3 Å². The van der Waals surface area contributed by atoms with Crippen molar-refractivity contribution in [2.45, 2.75) is 38.8 Å². The number of benzene rings is 1. The van der Waals surface area contributed by atoms with Gasteiger partial charge in [-0.15, -0.1) is 0 Å². The standard InChI is InChI=1S/C16H23BrN2O2/c1-16(2,3)21-15(20)19-9-8-18-14(11-19)10-12-4-6-13(17)7-5-12/h4-7,14,18H,8-11H2,1-3H3/t14-/m0/s1. The summed E-state index contributed by atoms with van der Waals surface area (Å²) < 4.78 is 6.53. The molecule has 0 aromatic heterocycles. The Labute approximate surface area is 135 Å². The highest BCUT2D eigenvalue weighted by Gasteiger charge is 2.27. The average molecular weight is 355 g/mol. The number of nitrogens with one attached hydrogen (secondary N) is 1. The summed E-state index contributed by atoms with van der Waals surface area (Å²) in [5.41, 5.74) is 0.824. The number of hydrogen-bond acceptors (Lipinski definition) is 3. The van der Waals surface area contributed by atoms with Gasteiger partial charge in [0, 0.05) is 30.1 Å². The van der Waals surface area contributed by atoms with E-state index in [0.29, 0.717) is 13.1 Å². The molecule has 0 bridgehead atoms. The zero-order chi connectivity index (χ0) is 15.5. The predicted octanol–water partition coefficient (Wildman–Crippen LogP) is 3.20. The second-order valence-corrected chi connectivity index (χ2v) is 7.32. The molecule has 4 nitrogen and oxygen atoms in total.